The number of hydrogen-bond acceptors (Lipinski definition) is 4. The van der Waals surface area contributed by atoms with Crippen molar-refractivity contribution in [3.63, 3.8) is 0 Å². The second-order valence-corrected chi connectivity index (χ2v) is 6.44. The third-order valence-electron chi connectivity index (χ3n) is 1.16. The van der Waals surface area contributed by atoms with Crippen molar-refractivity contribution in [3.8, 4) is 0 Å². The van der Waals surface area contributed by atoms with Crippen molar-refractivity contribution >= 4 is 30.2 Å². The highest BCUT2D eigenvalue weighted by Gasteiger charge is 2.17. The molecule has 12 heavy (non-hydrogen) atoms. The van der Waals surface area contributed by atoms with Crippen molar-refractivity contribution in [2.24, 2.45) is 0 Å². The Morgan fingerprint density at radius 1 is 1.58 bits per heavy atom. The molecule has 0 heterocycles. The first-order chi connectivity index (χ1) is 5.54. The Kier molecular flexibility index (Phi) is 6.29. The van der Waals surface area contributed by atoms with Crippen LogP contribution >= 0.6 is 0 Å². The average molecular weight is 225 g/mol. The summed E-state index contributed by atoms with van der Waals surface area (Å²) in [6.45, 7) is 4.07. The van der Waals surface area contributed by atoms with Gasteiger partial charge >= 0.3 is 0 Å². The molecule has 2 unspecified atom stereocenters. The molecule has 2 atom stereocenters. The smallest absolute Gasteiger partial charge is 0.173 e. The first-order valence-corrected chi connectivity index (χ1v) is 6.85. The Bertz CT molecular complexity index is 203. The standard InChI is InChI=1S/C6H13O3S2Si/c1-3-5-6(12)11(7,10)9-8-4-2/h6H,3-5H2,1-2H3. The largest absolute Gasteiger partial charge is 0.226 e. The molecular formula is C6H13O3S2Si. The van der Waals surface area contributed by atoms with Crippen molar-refractivity contribution in [1.29, 1.82) is 0 Å². The second kappa shape index (κ2) is 6.04. The third kappa shape index (κ3) is 4.51. The summed E-state index contributed by atoms with van der Waals surface area (Å²) in [5, 5.41) is 0. The molecule has 0 saturated carbocycles. The van der Waals surface area contributed by atoms with Gasteiger partial charge in [0.15, 0.2) is 8.77 Å². The van der Waals surface area contributed by atoms with E-state index < -0.39 is 8.77 Å². The molecular weight excluding hydrogens is 212 g/mol. The summed E-state index contributed by atoms with van der Waals surface area (Å²) in [4.78, 5) is 4.24. The molecule has 0 amide bonds. The van der Waals surface area contributed by atoms with Crippen LogP contribution in [-0.4, -0.2) is 25.9 Å². The molecule has 3 radical (unpaired) electrons. The molecule has 0 rings (SSSR count). The van der Waals surface area contributed by atoms with E-state index in [-0.39, 0.29) is 4.87 Å². The van der Waals surface area contributed by atoms with Gasteiger partial charge in [0, 0.05) is 26.3 Å². The fourth-order valence-electron chi connectivity index (χ4n) is 0.569. The maximum Gasteiger partial charge on any atom is 0.173 e. The molecule has 71 valence electrons. The van der Waals surface area contributed by atoms with Crippen LogP contribution in [0.5, 0.6) is 0 Å². The van der Waals surface area contributed by atoms with Crippen LogP contribution < -0.4 is 0 Å². The molecule has 3 nitrogen and oxygen atoms in total. The zero-order chi connectivity index (χ0) is 9.61. The van der Waals surface area contributed by atoms with Crippen molar-refractivity contribution < 1.29 is 13.4 Å². The predicted molar refractivity (Wildman–Crippen MR) is 52.7 cm³/mol. The highest BCUT2D eigenvalue weighted by molar-refractivity contribution is 8.31. The summed E-state index contributed by atoms with van der Waals surface area (Å²) in [7, 11) is 0.497. The van der Waals surface area contributed by atoms with Gasteiger partial charge in [0.05, 0.1) is 6.61 Å². The van der Waals surface area contributed by atoms with Crippen LogP contribution in [0.3, 0.4) is 0 Å². The van der Waals surface area contributed by atoms with E-state index in [0.717, 1.165) is 6.42 Å². The lowest BCUT2D eigenvalue weighted by molar-refractivity contribution is -0.192. The number of rotatable bonds is 6. The Morgan fingerprint density at radius 2 is 2.17 bits per heavy atom. The van der Waals surface area contributed by atoms with E-state index in [4.69, 9.17) is 11.2 Å². The minimum Gasteiger partial charge on any atom is -0.226 e. The molecule has 0 fully saturated rings. The molecule has 0 aromatic rings. The minimum atomic E-state index is -2.76. The van der Waals surface area contributed by atoms with Crippen LogP contribution in [0.25, 0.3) is 0 Å². The van der Waals surface area contributed by atoms with Gasteiger partial charge in [0.2, 0.25) is 0 Å². The highest BCUT2D eigenvalue weighted by Crippen LogP contribution is 2.08. The fourth-order valence-corrected chi connectivity index (χ4v) is 2.23. The Balaban J connectivity index is 4.01. The predicted octanol–water partition coefficient (Wildman–Crippen LogP) is 0.910. The van der Waals surface area contributed by atoms with E-state index in [9.17, 15) is 4.21 Å². The van der Waals surface area contributed by atoms with Gasteiger partial charge in [0.25, 0.3) is 0 Å². The Morgan fingerprint density at radius 3 is 2.58 bits per heavy atom. The zero-order valence-electron chi connectivity index (χ0n) is 7.24. The van der Waals surface area contributed by atoms with E-state index in [1.54, 1.807) is 6.92 Å². The van der Waals surface area contributed by atoms with Crippen LogP contribution in [0.1, 0.15) is 26.7 Å². The summed E-state index contributed by atoms with van der Waals surface area (Å²) >= 11 is 4.73. The molecule has 6 heteroatoms. The summed E-state index contributed by atoms with van der Waals surface area (Å²) in [6.07, 6.45) is 1.61. The van der Waals surface area contributed by atoms with E-state index in [2.05, 4.69) is 19.5 Å². The lowest BCUT2D eigenvalue weighted by Crippen LogP contribution is -2.22. The monoisotopic (exact) mass is 225 g/mol. The van der Waals surface area contributed by atoms with Crippen molar-refractivity contribution in [2.75, 3.05) is 6.61 Å². The molecule has 0 aliphatic carbocycles. The average Bonchev–Trinajstić information content (AvgIpc) is 2.01. The maximum atomic E-state index is 11.5. The van der Waals surface area contributed by atoms with Crippen LogP contribution in [-0.2, 0) is 29.2 Å². The second-order valence-electron chi connectivity index (χ2n) is 2.24. The van der Waals surface area contributed by atoms with Crippen molar-refractivity contribution in [3.05, 3.63) is 0 Å². The van der Waals surface area contributed by atoms with Gasteiger partial charge in [-0.3, -0.25) is 0 Å². The quantitative estimate of drug-likeness (QED) is 0.382. The van der Waals surface area contributed by atoms with Gasteiger partial charge in [0.1, 0.15) is 0 Å². The Labute approximate surface area is 82.1 Å². The van der Waals surface area contributed by atoms with E-state index in [1.807, 2.05) is 6.92 Å². The van der Waals surface area contributed by atoms with E-state index in [1.165, 1.54) is 0 Å². The first-order valence-electron chi connectivity index (χ1n) is 3.80. The van der Waals surface area contributed by atoms with Crippen LogP contribution in [0.4, 0.5) is 0 Å². The van der Waals surface area contributed by atoms with E-state index >= 15 is 0 Å². The SMILES string of the molecule is CCCC([Si])S(=O)(=S)OOCC. The van der Waals surface area contributed by atoms with E-state index in [0.29, 0.717) is 13.0 Å². The molecule has 0 aromatic heterocycles. The van der Waals surface area contributed by atoms with Gasteiger partial charge in [-0.25, -0.2) is 9.10 Å². The molecule has 0 spiro atoms. The lowest BCUT2D eigenvalue weighted by atomic mass is 10.4. The molecule has 0 aliphatic rings. The Hall–Kier alpha value is 0.507. The summed E-state index contributed by atoms with van der Waals surface area (Å²) in [5.41, 5.74) is 0. The van der Waals surface area contributed by atoms with Gasteiger partial charge in [-0.05, 0) is 13.3 Å². The summed E-state index contributed by atoms with van der Waals surface area (Å²) in [5.74, 6) is 0. The van der Waals surface area contributed by atoms with Gasteiger partial charge < -0.3 is 0 Å². The first kappa shape index (κ1) is 12.5. The van der Waals surface area contributed by atoms with Gasteiger partial charge in [-0.2, -0.15) is 0 Å². The minimum absolute atomic E-state index is 0.316. The fraction of sp³-hybridized carbons (Fsp3) is 1.00. The highest BCUT2D eigenvalue weighted by atomic mass is 32.8. The van der Waals surface area contributed by atoms with Crippen LogP contribution in [0.2, 0.25) is 0 Å². The summed E-state index contributed by atoms with van der Waals surface area (Å²) < 4.78 is 16.0. The van der Waals surface area contributed by atoms with Gasteiger partial charge in [-0.1, -0.05) is 13.3 Å². The van der Waals surface area contributed by atoms with Crippen LogP contribution in [0, 0.1) is 0 Å². The normalized spacial score (nSPS) is 18.6. The van der Waals surface area contributed by atoms with Gasteiger partial charge in [-0.15, -0.1) is 4.33 Å². The van der Waals surface area contributed by atoms with Crippen molar-refractivity contribution in [1.82, 2.24) is 0 Å². The zero-order valence-corrected chi connectivity index (χ0v) is 9.87. The molecule has 0 aromatic carbocycles. The molecule has 0 N–H and O–H groups in total. The topological polar surface area (TPSA) is 35.5 Å². The molecule has 0 aliphatic heterocycles. The van der Waals surface area contributed by atoms with Crippen molar-refractivity contribution in [2.45, 2.75) is 31.6 Å². The lowest BCUT2D eigenvalue weighted by Gasteiger charge is -2.12. The summed E-state index contributed by atoms with van der Waals surface area (Å²) in [6, 6.07) is 0. The molecule has 0 saturated heterocycles. The third-order valence-corrected chi connectivity index (χ3v) is 4.97. The number of hydrogen-bond donors (Lipinski definition) is 0. The maximum absolute atomic E-state index is 11.5. The molecule has 0 bridgehead atoms. The van der Waals surface area contributed by atoms with Crippen LogP contribution in [0.15, 0.2) is 0 Å².